The summed E-state index contributed by atoms with van der Waals surface area (Å²) in [5.74, 6) is -0.482. The van der Waals surface area contributed by atoms with E-state index in [0.717, 1.165) is 11.4 Å². The first-order valence-electron chi connectivity index (χ1n) is 6.33. The Labute approximate surface area is 128 Å². The van der Waals surface area contributed by atoms with Crippen molar-refractivity contribution in [1.29, 1.82) is 5.26 Å². The number of nitrogens with zero attached hydrogens (tertiary/aromatic N) is 2. The molecule has 106 valence electrons. The Hall–Kier alpha value is -2.51. The molecule has 1 aromatic heterocycles. The van der Waals surface area contributed by atoms with Gasteiger partial charge in [-0.3, -0.25) is 4.79 Å². The number of carbonyl (C=O) groups excluding carboxylic acids is 1. The average molecular weight is 300 g/mol. The van der Waals surface area contributed by atoms with Gasteiger partial charge in [0.25, 0.3) is 5.91 Å². The van der Waals surface area contributed by atoms with Gasteiger partial charge in [0, 0.05) is 18.4 Å². The lowest BCUT2D eigenvalue weighted by atomic mass is 10.2. The Kier molecular flexibility index (Phi) is 4.46. The van der Waals surface area contributed by atoms with E-state index < -0.39 is 5.91 Å². The maximum Gasteiger partial charge on any atom is 0.266 e. The van der Waals surface area contributed by atoms with Gasteiger partial charge in [-0.1, -0.05) is 23.7 Å². The number of aryl methyl sites for hydroxylation is 1. The Balaban J connectivity index is 2.26. The molecule has 0 aliphatic carbocycles. The summed E-state index contributed by atoms with van der Waals surface area (Å²) in [6, 6.07) is 12.6. The molecule has 0 atom stereocenters. The molecule has 0 unspecified atom stereocenters. The largest absolute Gasteiger partial charge is 0.348 e. The van der Waals surface area contributed by atoms with E-state index in [4.69, 9.17) is 11.6 Å². The molecule has 0 aliphatic heterocycles. The van der Waals surface area contributed by atoms with Crippen molar-refractivity contribution in [2.75, 3.05) is 5.32 Å². The van der Waals surface area contributed by atoms with Crippen molar-refractivity contribution < 1.29 is 4.79 Å². The van der Waals surface area contributed by atoms with Gasteiger partial charge < -0.3 is 9.88 Å². The van der Waals surface area contributed by atoms with E-state index in [1.165, 1.54) is 0 Å². The molecule has 0 aliphatic rings. The van der Waals surface area contributed by atoms with Crippen molar-refractivity contribution in [3.8, 4) is 6.07 Å². The summed E-state index contributed by atoms with van der Waals surface area (Å²) in [7, 11) is 1.88. The first-order valence-corrected chi connectivity index (χ1v) is 6.70. The van der Waals surface area contributed by atoms with E-state index in [2.05, 4.69) is 5.32 Å². The summed E-state index contributed by atoms with van der Waals surface area (Å²) in [5, 5.41) is 12.2. The Morgan fingerprint density at radius 1 is 1.33 bits per heavy atom. The second kappa shape index (κ2) is 6.29. The highest BCUT2D eigenvalue weighted by molar-refractivity contribution is 6.34. The zero-order chi connectivity index (χ0) is 15.4. The van der Waals surface area contributed by atoms with E-state index in [0.29, 0.717) is 10.7 Å². The van der Waals surface area contributed by atoms with Gasteiger partial charge in [-0.25, -0.2) is 0 Å². The number of aromatic nitrogens is 1. The number of amides is 1. The molecule has 0 saturated carbocycles. The van der Waals surface area contributed by atoms with Crippen LogP contribution in [0.2, 0.25) is 5.02 Å². The Bertz CT molecular complexity index is 753. The third-order valence-corrected chi connectivity index (χ3v) is 3.52. The van der Waals surface area contributed by atoms with E-state index in [1.807, 2.05) is 36.7 Å². The predicted molar refractivity (Wildman–Crippen MR) is 83.8 cm³/mol. The number of para-hydroxylation sites is 1. The van der Waals surface area contributed by atoms with Crippen LogP contribution in [0.3, 0.4) is 0 Å². The molecule has 2 aromatic rings. The fraction of sp³-hybridized carbons (Fsp3) is 0.125. The summed E-state index contributed by atoms with van der Waals surface area (Å²) in [6.07, 6.45) is 1.55. The van der Waals surface area contributed by atoms with Crippen molar-refractivity contribution in [2.24, 2.45) is 7.05 Å². The van der Waals surface area contributed by atoms with Crippen LogP contribution in [0.1, 0.15) is 11.4 Å². The van der Waals surface area contributed by atoms with E-state index in [-0.39, 0.29) is 5.57 Å². The minimum Gasteiger partial charge on any atom is -0.348 e. The van der Waals surface area contributed by atoms with E-state index >= 15 is 0 Å². The highest BCUT2D eigenvalue weighted by Gasteiger charge is 2.12. The quantitative estimate of drug-likeness (QED) is 0.696. The second-order valence-electron chi connectivity index (χ2n) is 4.56. The van der Waals surface area contributed by atoms with Crippen LogP contribution in [-0.4, -0.2) is 10.5 Å². The fourth-order valence-electron chi connectivity index (χ4n) is 1.83. The molecule has 4 nitrogen and oxygen atoms in total. The van der Waals surface area contributed by atoms with Crippen molar-refractivity contribution in [1.82, 2.24) is 4.57 Å². The molecule has 1 amide bonds. The standard InChI is InChI=1S/C16H14ClN3O/c1-11-7-8-13(20(11)2)9-12(10-18)16(21)19-15-6-4-3-5-14(15)17/h3-9H,1-2H3,(H,19,21)/b12-9-. The van der Waals surface area contributed by atoms with Gasteiger partial charge >= 0.3 is 0 Å². The molecule has 0 spiro atoms. The molecular formula is C16H14ClN3O. The van der Waals surface area contributed by atoms with Crippen molar-refractivity contribution in [3.63, 3.8) is 0 Å². The number of hydrogen-bond acceptors (Lipinski definition) is 2. The smallest absolute Gasteiger partial charge is 0.266 e. The van der Waals surface area contributed by atoms with Crippen LogP contribution in [-0.2, 0) is 11.8 Å². The molecule has 1 heterocycles. The summed E-state index contributed by atoms with van der Waals surface area (Å²) < 4.78 is 1.90. The molecule has 0 radical (unpaired) electrons. The van der Waals surface area contributed by atoms with Gasteiger partial charge in [0.1, 0.15) is 11.6 Å². The number of nitrogens with one attached hydrogen (secondary N) is 1. The van der Waals surface area contributed by atoms with Crippen LogP contribution in [0.4, 0.5) is 5.69 Å². The fourth-order valence-corrected chi connectivity index (χ4v) is 2.01. The summed E-state index contributed by atoms with van der Waals surface area (Å²) in [6.45, 7) is 1.95. The predicted octanol–water partition coefficient (Wildman–Crippen LogP) is 3.53. The molecule has 0 saturated heterocycles. The van der Waals surface area contributed by atoms with Crippen molar-refractivity contribution in [3.05, 3.63) is 58.4 Å². The van der Waals surface area contributed by atoms with Crippen LogP contribution >= 0.6 is 11.6 Å². The maximum absolute atomic E-state index is 12.1. The molecule has 5 heteroatoms. The number of halogens is 1. The zero-order valence-electron chi connectivity index (χ0n) is 11.7. The average Bonchev–Trinajstić information content (AvgIpc) is 2.78. The highest BCUT2D eigenvalue weighted by atomic mass is 35.5. The third-order valence-electron chi connectivity index (χ3n) is 3.19. The molecule has 2 rings (SSSR count). The molecule has 21 heavy (non-hydrogen) atoms. The third kappa shape index (κ3) is 3.33. The van der Waals surface area contributed by atoms with Gasteiger partial charge in [-0.05, 0) is 37.3 Å². The molecule has 1 aromatic carbocycles. The van der Waals surface area contributed by atoms with Gasteiger partial charge in [-0.2, -0.15) is 5.26 Å². The molecule has 0 fully saturated rings. The van der Waals surface area contributed by atoms with Crippen LogP contribution in [0, 0.1) is 18.3 Å². The number of nitriles is 1. The second-order valence-corrected chi connectivity index (χ2v) is 4.97. The molecule has 0 bridgehead atoms. The number of rotatable bonds is 3. The summed E-state index contributed by atoms with van der Waals surface area (Å²) in [5.41, 5.74) is 2.34. The van der Waals surface area contributed by atoms with Gasteiger partial charge in [0.2, 0.25) is 0 Å². The lowest BCUT2D eigenvalue weighted by molar-refractivity contribution is -0.112. The van der Waals surface area contributed by atoms with Gasteiger partial charge in [0.05, 0.1) is 10.7 Å². The molecule has 1 N–H and O–H groups in total. The summed E-state index contributed by atoms with van der Waals surface area (Å²) in [4.78, 5) is 12.1. The number of benzene rings is 1. The summed E-state index contributed by atoms with van der Waals surface area (Å²) >= 11 is 5.98. The number of anilines is 1. The topological polar surface area (TPSA) is 57.8 Å². The van der Waals surface area contributed by atoms with Crippen molar-refractivity contribution in [2.45, 2.75) is 6.92 Å². The minimum atomic E-state index is -0.482. The number of hydrogen-bond donors (Lipinski definition) is 1. The van der Waals surface area contributed by atoms with Crippen LogP contribution in [0.25, 0.3) is 6.08 Å². The first-order chi connectivity index (χ1) is 10.0. The van der Waals surface area contributed by atoms with E-state index in [9.17, 15) is 10.1 Å². The van der Waals surface area contributed by atoms with Gasteiger partial charge in [-0.15, -0.1) is 0 Å². The molecular weight excluding hydrogens is 286 g/mol. The van der Waals surface area contributed by atoms with Crippen molar-refractivity contribution >= 4 is 29.3 Å². The van der Waals surface area contributed by atoms with Crippen LogP contribution in [0.5, 0.6) is 0 Å². The SMILES string of the molecule is Cc1ccc(/C=C(/C#N)C(=O)Nc2ccccc2Cl)n1C. The Morgan fingerprint density at radius 3 is 2.62 bits per heavy atom. The normalized spacial score (nSPS) is 11.0. The van der Waals surface area contributed by atoms with Crippen LogP contribution in [0.15, 0.2) is 42.0 Å². The lowest BCUT2D eigenvalue weighted by Gasteiger charge is -2.06. The highest BCUT2D eigenvalue weighted by Crippen LogP contribution is 2.21. The maximum atomic E-state index is 12.1. The Morgan fingerprint density at radius 2 is 2.05 bits per heavy atom. The minimum absolute atomic E-state index is 0.0242. The lowest BCUT2D eigenvalue weighted by Crippen LogP contribution is -2.14. The van der Waals surface area contributed by atoms with Gasteiger partial charge in [0.15, 0.2) is 0 Å². The number of carbonyl (C=O) groups is 1. The van der Waals surface area contributed by atoms with E-state index in [1.54, 1.807) is 30.3 Å². The zero-order valence-corrected chi connectivity index (χ0v) is 12.5. The first kappa shape index (κ1) is 14.9. The monoisotopic (exact) mass is 299 g/mol. The van der Waals surface area contributed by atoms with Crippen LogP contribution < -0.4 is 5.32 Å².